The van der Waals surface area contributed by atoms with Crippen molar-refractivity contribution in [1.29, 1.82) is 0 Å². The Balaban J connectivity index is 3.24. The van der Waals surface area contributed by atoms with Gasteiger partial charge in [-0.15, -0.1) is 0 Å². The number of carbonyl (C=O) groups is 1. The molecule has 0 heterocycles. The van der Waals surface area contributed by atoms with Crippen LogP contribution in [0.5, 0.6) is 0 Å². The van der Waals surface area contributed by atoms with Gasteiger partial charge in [0, 0.05) is 20.1 Å². The molecule has 0 spiro atoms. The van der Waals surface area contributed by atoms with Gasteiger partial charge in [-0.25, -0.2) is 5.01 Å². The van der Waals surface area contributed by atoms with Crippen molar-refractivity contribution in [3.8, 4) is 0 Å². The highest BCUT2D eigenvalue weighted by Gasteiger charge is 2.00. The summed E-state index contributed by atoms with van der Waals surface area (Å²) in [4.78, 5) is 10.8. The number of rotatable bonds is 6. The molecular formula is C8H18N2O2. The fourth-order valence-corrected chi connectivity index (χ4v) is 0.694. The fourth-order valence-electron chi connectivity index (χ4n) is 0.694. The Kier molecular flexibility index (Phi) is 6.70. The summed E-state index contributed by atoms with van der Waals surface area (Å²) >= 11 is 0. The smallest absolute Gasteiger partial charge is 0.307 e. The number of hydrogen-bond acceptors (Lipinski definition) is 4. The maximum Gasteiger partial charge on any atom is 0.307 e. The molecule has 0 aromatic rings. The van der Waals surface area contributed by atoms with E-state index in [9.17, 15) is 4.79 Å². The van der Waals surface area contributed by atoms with Crippen LogP contribution in [-0.4, -0.2) is 37.7 Å². The lowest BCUT2D eigenvalue weighted by atomic mass is 10.4. The Morgan fingerprint density at radius 3 is 2.67 bits per heavy atom. The minimum absolute atomic E-state index is 0.144. The van der Waals surface area contributed by atoms with Gasteiger partial charge in [0.05, 0.1) is 13.0 Å². The zero-order valence-corrected chi connectivity index (χ0v) is 8.09. The predicted octanol–water partition coefficient (Wildman–Crippen LogP) is 0.396. The molecule has 4 heteroatoms. The average molecular weight is 174 g/mol. The highest BCUT2D eigenvalue weighted by Crippen LogP contribution is 1.84. The van der Waals surface area contributed by atoms with E-state index in [1.54, 1.807) is 0 Å². The molecule has 12 heavy (non-hydrogen) atoms. The molecule has 0 amide bonds. The van der Waals surface area contributed by atoms with Gasteiger partial charge in [0.25, 0.3) is 0 Å². The van der Waals surface area contributed by atoms with Gasteiger partial charge in [-0.3, -0.25) is 10.2 Å². The predicted molar refractivity (Wildman–Crippen MR) is 47.6 cm³/mol. The summed E-state index contributed by atoms with van der Waals surface area (Å²) < 4.78 is 4.76. The molecule has 0 aliphatic heterocycles. The van der Waals surface area contributed by atoms with Crippen LogP contribution in [0.1, 0.15) is 20.3 Å². The molecule has 1 N–H and O–H groups in total. The fraction of sp³-hybridized carbons (Fsp3) is 0.875. The van der Waals surface area contributed by atoms with Crippen LogP contribution in [0.3, 0.4) is 0 Å². The normalized spacial score (nSPS) is 10.3. The summed E-state index contributed by atoms with van der Waals surface area (Å²) in [5.74, 6) is -0.144. The van der Waals surface area contributed by atoms with Gasteiger partial charge < -0.3 is 4.74 Å². The Bertz CT molecular complexity index is 128. The molecule has 0 bridgehead atoms. The highest BCUT2D eigenvalue weighted by atomic mass is 16.5. The largest absolute Gasteiger partial charge is 0.466 e. The van der Waals surface area contributed by atoms with E-state index < -0.39 is 0 Å². The highest BCUT2D eigenvalue weighted by molar-refractivity contribution is 5.69. The maximum atomic E-state index is 10.8. The van der Waals surface area contributed by atoms with E-state index in [4.69, 9.17) is 4.74 Å². The first-order valence-electron chi connectivity index (χ1n) is 4.31. The minimum atomic E-state index is -0.144. The SMILES string of the molecule is CCOC(=O)CCNN(C)CC. The van der Waals surface area contributed by atoms with Gasteiger partial charge in [0.2, 0.25) is 0 Å². The summed E-state index contributed by atoms with van der Waals surface area (Å²) in [6.07, 6.45) is 0.429. The van der Waals surface area contributed by atoms with Gasteiger partial charge in [-0.05, 0) is 6.92 Å². The molecule has 0 aromatic heterocycles. The van der Waals surface area contributed by atoms with Gasteiger partial charge in [0.15, 0.2) is 0 Å². The molecular weight excluding hydrogens is 156 g/mol. The van der Waals surface area contributed by atoms with Gasteiger partial charge >= 0.3 is 5.97 Å². The summed E-state index contributed by atoms with van der Waals surface area (Å²) in [7, 11) is 1.94. The third-order valence-electron chi connectivity index (χ3n) is 1.49. The third kappa shape index (κ3) is 6.12. The number of nitrogens with one attached hydrogen (secondary N) is 1. The molecule has 0 rings (SSSR count). The van der Waals surface area contributed by atoms with Gasteiger partial charge in [-0.2, -0.15) is 0 Å². The quantitative estimate of drug-likeness (QED) is 0.467. The van der Waals surface area contributed by atoms with E-state index in [-0.39, 0.29) is 5.97 Å². The molecule has 0 saturated carbocycles. The second kappa shape index (κ2) is 7.06. The maximum absolute atomic E-state index is 10.8. The molecule has 0 saturated heterocycles. The minimum Gasteiger partial charge on any atom is -0.466 e. The zero-order chi connectivity index (χ0) is 9.40. The lowest BCUT2D eigenvalue weighted by Crippen LogP contribution is -2.35. The first-order chi connectivity index (χ1) is 5.70. The molecule has 0 atom stereocenters. The Hall–Kier alpha value is -0.610. The zero-order valence-electron chi connectivity index (χ0n) is 8.09. The van der Waals surface area contributed by atoms with Crippen LogP contribution >= 0.6 is 0 Å². The number of ether oxygens (including phenoxy) is 1. The van der Waals surface area contributed by atoms with Crippen molar-refractivity contribution in [2.45, 2.75) is 20.3 Å². The second-order valence-corrected chi connectivity index (χ2v) is 2.48. The lowest BCUT2D eigenvalue weighted by Gasteiger charge is -2.14. The summed E-state index contributed by atoms with van der Waals surface area (Å²) in [5.41, 5.74) is 3.05. The van der Waals surface area contributed by atoms with Crippen molar-refractivity contribution in [1.82, 2.24) is 10.4 Å². The van der Waals surface area contributed by atoms with Crippen LogP contribution in [-0.2, 0) is 9.53 Å². The first-order valence-corrected chi connectivity index (χ1v) is 4.31. The molecule has 0 fully saturated rings. The number of nitrogens with zero attached hydrogens (tertiary/aromatic N) is 1. The van der Waals surface area contributed by atoms with Crippen molar-refractivity contribution in [2.75, 3.05) is 26.7 Å². The van der Waals surface area contributed by atoms with E-state index in [1.807, 2.05) is 25.9 Å². The standard InChI is InChI=1S/C8H18N2O2/c1-4-10(3)9-7-6-8(11)12-5-2/h9H,4-7H2,1-3H3. The van der Waals surface area contributed by atoms with E-state index >= 15 is 0 Å². The van der Waals surface area contributed by atoms with Crippen molar-refractivity contribution in [2.24, 2.45) is 0 Å². The Morgan fingerprint density at radius 1 is 1.50 bits per heavy atom. The molecule has 72 valence electrons. The van der Waals surface area contributed by atoms with E-state index in [2.05, 4.69) is 5.43 Å². The molecule has 0 radical (unpaired) electrons. The molecule has 0 aliphatic carbocycles. The van der Waals surface area contributed by atoms with Crippen molar-refractivity contribution in [3.05, 3.63) is 0 Å². The monoisotopic (exact) mass is 174 g/mol. The number of hydrazine groups is 1. The summed E-state index contributed by atoms with van der Waals surface area (Å²) in [5, 5.41) is 1.93. The molecule has 0 aliphatic rings. The van der Waals surface area contributed by atoms with E-state index in [0.717, 1.165) is 6.54 Å². The average Bonchev–Trinajstić information content (AvgIpc) is 2.04. The molecule has 0 aromatic carbocycles. The third-order valence-corrected chi connectivity index (χ3v) is 1.49. The molecule has 0 unspecified atom stereocenters. The van der Waals surface area contributed by atoms with Crippen LogP contribution in [0.25, 0.3) is 0 Å². The van der Waals surface area contributed by atoms with E-state index in [0.29, 0.717) is 19.6 Å². The van der Waals surface area contributed by atoms with Crippen LogP contribution in [0.2, 0.25) is 0 Å². The summed E-state index contributed by atoms with van der Waals surface area (Å²) in [6.45, 7) is 5.87. The number of esters is 1. The lowest BCUT2D eigenvalue weighted by molar-refractivity contribution is -0.143. The number of carbonyl (C=O) groups excluding carboxylic acids is 1. The van der Waals surface area contributed by atoms with Crippen molar-refractivity contribution >= 4 is 5.97 Å². The van der Waals surface area contributed by atoms with Crippen molar-refractivity contribution in [3.63, 3.8) is 0 Å². The number of hydrogen-bond donors (Lipinski definition) is 1. The Labute approximate surface area is 73.8 Å². The van der Waals surface area contributed by atoms with Crippen LogP contribution in [0.15, 0.2) is 0 Å². The second-order valence-electron chi connectivity index (χ2n) is 2.48. The van der Waals surface area contributed by atoms with Crippen LogP contribution < -0.4 is 5.43 Å². The topological polar surface area (TPSA) is 41.6 Å². The van der Waals surface area contributed by atoms with Gasteiger partial charge in [-0.1, -0.05) is 6.92 Å². The Morgan fingerprint density at radius 2 is 2.17 bits per heavy atom. The van der Waals surface area contributed by atoms with Crippen LogP contribution in [0.4, 0.5) is 0 Å². The first kappa shape index (κ1) is 11.4. The van der Waals surface area contributed by atoms with Gasteiger partial charge in [0.1, 0.15) is 0 Å². The summed E-state index contributed by atoms with van der Waals surface area (Å²) in [6, 6.07) is 0. The van der Waals surface area contributed by atoms with Crippen molar-refractivity contribution < 1.29 is 9.53 Å². The van der Waals surface area contributed by atoms with E-state index in [1.165, 1.54) is 0 Å². The van der Waals surface area contributed by atoms with Crippen LogP contribution in [0, 0.1) is 0 Å². The molecule has 4 nitrogen and oxygen atoms in total.